The molecule has 0 radical (unpaired) electrons. The van der Waals surface area contributed by atoms with Crippen LogP contribution in [0.3, 0.4) is 0 Å². The van der Waals surface area contributed by atoms with E-state index in [4.69, 9.17) is 20.4 Å². The van der Waals surface area contributed by atoms with Gasteiger partial charge in [-0.2, -0.15) is 9.97 Å². The number of rotatable bonds is 5. The van der Waals surface area contributed by atoms with Crippen molar-refractivity contribution in [1.29, 1.82) is 0 Å². The van der Waals surface area contributed by atoms with E-state index in [2.05, 4.69) is 14.8 Å². The number of carbonyl (C=O) groups is 1. The minimum atomic E-state index is -2.77. The number of hydrogen-bond donors (Lipinski definition) is 1. The van der Waals surface area contributed by atoms with Crippen molar-refractivity contribution >= 4 is 28.7 Å². The predicted octanol–water partition coefficient (Wildman–Crippen LogP) is 1.73. The minimum Gasteiger partial charge on any atom is -0.378 e. The second-order valence-electron chi connectivity index (χ2n) is 9.37. The predicted molar refractivity (Wildman–Crippen MR) is 130 cm³/mol. The van der Waals surface area contributed by atoms with E-state index in [1.807, 2.05) is 4.90 Å². The number of morpholine rings is 1. The lowest BCUT2D eigenvalue weighted by Gasteiger charge is -2.41. The number of piperazine rings is 1. The molecule has 2 atom stereocenters. The normalized spacial score (nSPS) is 22.2. The molecule has 3 saturated heterocycles. The Morgan fingerprint density at radius 3 is 2.42 bits per heavy atom. The summed E-state index contributed by atoms with van der Waals surface area (Å²) in [5.41, 5.74) is 6.68. The van der Waals surface area contributed by atoms with Crippen LogP contribution < -0.4 is 15.5 Å². The fraction of sp³-hybridized carbons (Fsp3) is 0.500. The van der Waals surface area contributed by atoms with Crippen molar-refractivity contribution in [3.63, 3.8) is 0 Å². The zero-order valence-corrected chi connectivity index (χ0v) is 19.8. The van der Waals surface area contributed by atoms with E-state index in [-0.39, 0.29) is 30.4 Å². The average Bonchev–Trinajstić information content (AvgIpc) is 3.43. The van der Waals surface area contributed by atoms with Crippen LogP contribution in [-0.2, 0) is 9.53 Å². The maximum Gasteiger partial charge on any atom is 0.296 e. The van der Waals surface area contributed by atoms with Gasteiger partial charge in [0.05, 0.1) is 30.8 Å². The number of para-hydroxylation sites is 2. The van der Waals surface area contributed by atoms with Crippen LogP contribution in [0.1, 0.15) is 25.1 Å². The molecule has 36 heavy (non-hydrogen) atoms. The SMILES string of the molecule is NCC(=O)N1[C@@H]2CC[C@H]1CN(c1nc(N3CCOCC3)cc(-n3c(C(F)F)nc4ccccc43)n1)C2. The van der Waals surface area contributed by atoms with Crippen molar-refractivity contribution in [2.24, 2.45) is 5.73 Å². The first-order chi connectivity index (χ1) is 17.5. The highest BCUT2D eigenvalue weighted by Gasteiger charge is 2.43. The van der Waals surface area contributed by atoms with Gasteiger partial charge in [0.2, 0.25) is 11.9 Å². The third-order valence-corrected chi connectivity index (χ3v) is 7.26. The highest BCUT2D eigenvalue weighted by Crippen LogP contribution is 2.34. The van der Waals surface area contributed by atoms with E-state index in [1.165, 1.54) is 4.57 Å². The fourth-order valence-corrected chi connectivity index (χ4v) is 5.63. The van der Waals surface area contributed by atoms with Gasteiger partial charge in [-0.1, -0.05) is 12.1 Å². The van der Waals surface area contributed by atoms with Gasteiger partial charge in [0.1, 0.15) is 11.6 Å². The van der Waals surface area contributed by atoms with E-state index in [9.17, 15) is 13.6 Å². The fourth-order valence-electron chi connectivity index (χ4n) is 5.63. The molecular formula is C24H28F2N8O2. The summed E-state index contributed by atoms with van der Waals surface area (Å²) in [4.78, 5) is 32.3. The van der Waals surface area contributed by atoms with Gasteiger partial charge >= 0.3 is 0 Å². The summed E-state index contributed by atoms with van der Waals surface area (Å²) in [6.45, 7) is 3.55. The van der Waals surface area contributed by atoms with Crippen molar-refractivity contribution in [2.45, 2.75) is 31.4 Å². The molecule has 0 saturated carbocycles. The standard InChI is InChI=1S/C24H28F2N8O2/c25-22(26)23-28-17-3-1-2-4-18(17)34(23)20-11-19(31-7-9-36-10-8-31)29-24(30-20)32-13-15-5-6-16(14-32)33(15)21(35)12-27/h1-4,11,15-16,22H,5-10,12-14,27H2/t15-,16+. The van der Waals surface area contributed by atoms with Crippen LogP contribution in [-0.4, -0.2) is 88.3 Å². The van der Waals surface area contributed by atoms with Gasteiger partial charge in [-0.15, -0.1) is 0 Å². The number of nitrogens with two attached hydrogens (primary N) is 1. The molecule has 3 aromatic rings. The number of anilines is 2. The topological polar surface area (TPSA) is 106 Å². The van der Waals surface area contributed by atoms with Crippen LogP contribution in [0.2, 0.25) is 0 Å². The zero-order valence-electron chi connectivity index (χ0n) is 19.8. The van der Waals surface area contributed by atoms with Gasteiger partial charge in [0, 0.05) is 44.3 Å². The Balaban J connectivity index is 1.45. The molecule has 0 unspecified atom stereocenters. The molecule has 10 nitrogen and oxygen atoms in total. The first-order valence-corrected chi connectivity index (χ1v) is 12.3. The molecular weight excluding hydrogens is 470 g/mol. The summed E-state index contributed by atoms with van der Waals surface area (Å²) >= 11 is 0. The second kappa shape index (κ2) is 9.25. The Hall–Kier alpha value is -3.38. The number of carbonyl (C=O) groups excluding carboxylic acids is 1. The minimum absolute atomic E-state index is 0.00965. The van der Waals surface area contributed by atoms with Crippen molar-refractivity contribution in [3.8, 4) is 5.82 Å². The molecule has 1 amide bonds. The third-order valence-electron chi connectivity index (χ3n) is 7.26. The van der Waals surface area contributed by atoms with Gasteiger partial charge in [-0.25, -0.2) is 13.8 Å². The van der Waals surface area contributed by atoms with Crippen molar-refractivity contribution in [3.05, 3.63) is 36.2 Å². The number of hydrogen-bond acceptors (Lipinski definition) is 8. The number of aromatic nitrogens is 4. The first kappa shape index (κ1) is 23.0. The largest absolute Gasteiger partial charge is 0.378 e. The number of halogens is 2. The third kappa shape index (κ3) is 3.94. The van der Waals surface area contributed by atoms with Gasteiger partial charge in [-0.3, -0.25) is 9.36 Å². The molecule has 3 aliphatic heterocycles. The Morgan fingerprint density at radius 1 is 1.03 bits per heavy atom. The lowest BCUT2D eigenvalue weighted by Crippen LogP contribution is -2.57. The molecule has 6 rings (SSSR count). The molecule has 12 heteroatoms. The summed E-state index contributed by atoms with van der Waals surface area (Å²) in [7, 11) is 0. The molecule has 0 aliphatic carbocycles. The van der Waals surface area contributed by atoms with Gasteiger partial charge in [0.25, 0.3) is 6.43 Å². The quantitative estimate of drug-likeness (QED) is 0.567. The van der Waals surface area contributed by atoms with Gasteiger partial charge in [0.15, 0.2) is 5.82 Å². The zero-order chi connectivity index (χ0) is 24.8. The van der Waals surface area contributed by atoms with Crippen molar-refractivity contribution in [1.82, 2.24) is 24.4 Å². The second-order valence-corrected chi connectivity index (χ2v) is 9.37. The number of ether oxygens (including phenoxy) is 1. The van der Waals surface area contributed by atoms with E-state index < -0.39 is 6.43 Å². The Morgan fingerprint density at radius 2 is 1.72 bits per heavy atom. The monoisotopic (exact) mass is 498 g/mol. The van der Waals surface area contributed by atoms with Gasteiger partial charge in [-0.05, 0) is 25.0 Å². The molecule has 1 aromatic carbocycles. The molecule has 3 fully saturated rings. The summed E-state index contributed by atoms with van der Waals surface area (Å²) in [6, 6.07) is 8.87. The maximum absolute atomic E-state index is 14.1. The number of alkyl halides is 2. The first-order valence-electron chi connectivity index (χ1n) is 12.3. The summed E-state index contributed by atoms with van der Waals surface area (Å²) in [5.74, 6) is 1.07. The number of amides is 1. The number of fused-ring (bicyclic) bond motifs is 3. The number of imidazole rings is 1. The van der Waals surface area contributed by atoms with Crippen molar-refractivity contribution in [2.75, 3.05) is 55.7 Å². The molecule has 0 spiro atoms. The summed E-state index contributed by atoms with van der Waals surface area (Å²) in [6.07, 6.45) is -0.987. The van der Waals surface area contributed by atoms with E-state index in [1.54, 1.807) is 30.3 Å². The van der Waals surface area contributed by atoms with Crippen LogP contribution in [0.25, 0.3) is 16.9 Å². The van der Waals surface area contributed by atoms with Crippen LogP contribution in [0.5, 0.6) is 0 Å². The molecule has 2 N–H and O–H groups in total. The average molecular weight is 499 g/mol. The number of benzene rings is 1. The maximum atomic E-state index is 14.1. The van der Waals surface area contributed by atoms with Crippen molar-refractivity contribution < 1.29 is 18.3 Å². The Kier molecular flexibility index (Phi) is 5.92. The van der Waals surface area contributed by atoms with Crippen LogP contribution in [0, 0.1) is 0 Å². The van der Waals surface area contributed by atoms with Crippen LogP contribution in [0.15, 0.2) is 30.3 Å². The van der Waals surface area contributed by atoms with E-state index in [0.29, 0.717) is 68.0 Å². The molecule has 190 valence electrons. The summed E-state index contributed by atoms with van der Waals surface area (Å²) < 4.78 is 35.2. The molecule has 2 bridgehead atoms. The number of nitrogens with zero attached hydrogens (tertiary/aromatic N) is 7. The lowest BCUT2D eigenvalue weighted by atomic mass is 10.2. The van der Waals surface area contributed by atoms with Gasteiger partial charge < -0.3 is 25.2 Å². The van der Waals surface area contributed by atoms with Crippen LogP contribution >= 0.6 is 0 Å². The molecule has 3 aliphatic rings. The Bertz CT molecular complexity index is 1260. The molecule has 2 aromatic heterocycles. The smallest absolute Gasteiger partial charge is 0.296 e. The van der Waals surface area contributed by atoms with E-state index >= 15 is 0 Å². The molecule has 5 heterocycles. The van der Waals surface area contributed by atoms with Crippen LogP contribution in [0.4, 0.5) is 20.5 Å². The highest BCUT2D eigenvalue weighted by molar-refractivity contribution is 5.80. The highest BCUT2D eigenvalue weighted by atomic mass is 19.3. The van der Waals surface area contributed by atoms with E-state index in [0.717, 1.165) is 12.8 Å². The lowest BCUT2D eigenvalue weighted by molar-refractivity contribution is -0.133. The summed E-state index contributed by atoms with van der Waals surface area (Å²) in [5, 5.41) is 0. The Labute approximate surface area is 206 Å².